The van der Waals surface area contributed by atoms with Crippen LogP contribution in [0, 0.1) is 0 Å². The van der Waals surface area contributed by atoms with Crippen LogP contribution in [0.5, 0.6) is 0 Å². The lowest BCUT2D eigenvalue weighted by molar-refractivity contribution is -0.168. The molecule has 3 rings (SSSR count). The van der Waals surface area contributed by atoms with Crippen molar-refractivity contribution in [1.82, 2.24) is 4.98 Å². The standard InChI is InChI=1S/C16H16ClNO4/c1-19-11-6-10(8-16(9-11,20-2)21-3)14-7-13-15(22-14)12(17)4-5-18-13/h4-7,9H,8H2,1-3H3. The normalized spacial score (nSPS) is 17.3. The van der Waals surface area contributed by atoms with E-state index in [0.29, 0.717) is 34.1 Å². The van der Waals surface area contributed by atoms with Crippen LogP contribution < -0.4 is 0 Å². The molecule has 22 heavy (non-hydrogen) atoms. The van der Waals surface area contributed by atoms with E-state index < -0.39 is 5.79 Å². The highest BCUT2D eigenvalue weighted by atomic mass is 35.5. The Labute approximate surface area is 133 Å². The maximum Gasteiger partial charge on any atom is 0.195 e. The minimum atomic E-state index is -0.883. The van der Waals surface area contributed by atoms with Crippen molar-refractivity contribution in [2.45, 2.75) is 12.2 Å². The van der Waals surface area contributed by atoms with Crippen LogP contribution in [0.3, 0.4) is 0 Å². The molecular formula is C16H16ClNO4. The first-order valence-corrected chi connectivity index (χ1v) is 7.11. The van der Waals surface area contributed by atoms with Gasteiger partial charge in [-0.05, 0) is 12.1 Å². The third kappa shape index (κ3) is 2.52. The summed E-state index contributed by atoms with van der Waals surface area (Å²) in [6.45, 7) is 0. The molecule has 0 N–H and O–H groups in total. The Bertz CT molecular complexity index is 759. The second kappa shape index (κ2) is 5.76. The molecule has 0 spiro atoms. The first-order valence-electron chi connectivity index (χ1n) is 6.73. The van der Waals surface area contributed by atoms with Gasteiger partial charge in [-0.15, -0.1) is 0 Å². The molecule has 0 fully saturated rings. The average Bonchev–Trinajstić information content (AvgIpc) is 3.00. The molecule has 6 heteroatoms. The fourth-order valence-electron chi connectivity index (χ4n) is 2.48. The monoisotopic (exact) mass is 321 g/mol. The lowest BCUT2D eigenvalue weighted by atomic mass is 9.96. The smallest absolute Gasteiger partial charge is 0.195 e. The lowest BCUT2D eigenvalue weighted by Gasteiger charge is -2.31. The van der Waals surface area contributed by atoms with Crippen molar-refractivity contribution in [3.8, 4) is 0 Å². The second-order valence-electron chi connectivity index (χ2n) is 4.94. The predicted octanol–water partition coefficient (Wildman–Crippen LogP) is 3.79. The zero-order valence-corrected chi connectivity index (χ0v) is 13.3. The Morgan fingerprint density at radius 2 is 2.05 bits per heavy atom. The molecule has 5 nitrogen and oxygen atoms in total. The summed E-state index contributed by atoms with van der Waals surface area (Å²) in [6, 6.07) is 3.54. The summed E-state index contributed by atoms with van der Waals surface area (Å²) in [7, 11) is 4.78. The fourth-order valence-corrected chi connectivity index (χ4v) is 2.68. The van der Waals surface area contributed by atoms with Crippen LogP contribution in [0.25, 0.3) is 16.7 Å². The molecule has 1 aliphatic rings. The van der Waals surface area contributed by atoms with Crippen molar-refractivity contribution in [2.24, 2.45) is 0 Å². The Morgan fingerprint density at radius 1 is 1.27 bits per heavy atom. The highest BCUT2D eigenvalue weighted by Gasteiger charge is 2.34. The van der Waals surface area contributed by atoms with Crippen LogP contribution in [0.1, 0.15) is 12.2 Å². The Balaban J connectivity index is 2.07. The number of nitrogens with zero attached hydrogens (tertiary/aromatic N) is 1. The van der Waals surface area contributed by atoms with Gasteiger partial charge in [0, 0.05) is 44.6 Å². The number of hydrogen-bond acceptors (Lipinski definition) is 5. The highest BCUT2D eigenvalue weighted by Crippen LogP contribution is 2.38. The zero-order valence-electron chi connectivity index (χ0n) is 12.6. The molecule has 116 valence electrons. The number of fused-ring (bicyclic) bond motifs is 1. The van der Waals surface area contributed by atoms with Gasteiger partial charge in [-0.25, -0.2) is 0 Å². The minimum Gasteiger partial charge on any atom is -0.497 e. The van der Waals surface area contributed by atoms with E-state index in [1.54, 1.807) is 39.7 Å². The van der Waals surface area contributed by atoms with Crippen molar-refractivity contribution in [2.75, 3.05) is 21.3 Å². The molecule has 0 saturated carbocycles. The van der Waals surface area contributed by atoms with Gasteiger partial charge < -0.3 is 18.6 Å². The number of ether oxygens (including phenoxy) is 3. The van der Waals surface area contributed by atoms with Crippen molar-refractivity contribution in [1.29, 1.82) is 0 Å². The van der Waals surface area contributed by atoms with Gasteiger partial charge >= 0.3 is 0 Å². The number of allylic oxidation sites excluding steroid dienone is 1. The number of aromatic nitrogens is 1. The summed E-state index contributed by atoms with van der Waals surface area (Å²) in [5.74, 6) is 0.423. The average molecular weight is 322 g/mol. The Hall–Kier alpha value is -1.82. The summed E-state index contributed by atoms with van der Waals surface area (Å²) in [5, 5.41) is 0.528. The quantitative estimate of drug-likeness (QED) is 0.802. The summed E-state index contributed by atoms with van der Waals surface area (Å²) in [4.78, 5) is 4.26. The van der Waals surface area contributed by atoms with Crippen LogP contribution in [0.4, 0.5) is 0 Å². The number of furan rings is 1. The van der Waals surface area contributed by atoms with Gasteiger partial charge in [-0.3, -0.25) is 4.98 Å². The molecule has 0 aliphatic heterocycles. The van der Waals surface area contributed by atoms with Gasteiger partial charge in [-0.1, -0.05) is 11.6 Å². The fraction of sp³-hybridized carbons (Fsp3) is 0.312. The number of pyridine rings is 1. The van der Waals surface area contributed by atoms with Crippen LogP contribution in [0.2, 0.25) is 5.02 Å². The molecule has 0 unspecified atom stereocenters. The van der Waals surface area contributed by atoms with Crippen LogP contribution in [-0.2, 0) is 14.2 Å². The SMILES string of the molecule is COC1=CC(OC)(OC)CC(c2cc3nccc(Cl)c3o2)=C1. The summed E-state index contributed by atoms with van der Waals surface area (Å²) < 4.78 is 22.2. The van der Waals surface area contributed by atoms with Gasteiger partial charge in [0.25, 0.3) is 0 Å². The second-order valence-corrected chi connectivity index (χ2v) is 5.34. The first kappa shape index (κ1) is 15.1. The van der Waals surface area contributed by atoms with Gasteiger partial charge in [0.05, 0.1) is 12.1 Å². The van der Waals surface area contributed by atoms with E-state index in [1.165, 1.54) is 0 Å². The molecular weight excluding hydrogens is 306 g/mol. The molecule has 0 bridgehead atoms. The minimum absolute atomic E-state index is 0.490. The number of rotatable bonds is 4. The molecule has 0 radical (unpaired) electrons. The lowest BCUT2D eigenvalue weighted by Crippen LogP contribution is -2.33. The van der Waals surface area contributed by atoms with Gasteiger partial charge in [0.2, 0.25) is 0 Å². The van der Waals surface area contributed by atoms with Gasteiger partial charge in [0.1, 0.15) is 17.0 Å². The summed E-state index contributed by atoms with van der Waals surface area (Å²) in [6.07, 6.45) is 5.82. The molecule has 0 saturated heterocycles. The molecule has 2 aromatic rings. The van der Waals surface area contributed by atoms with E-state index in [4.69, 9.17) is 30.2 Å². The topological polar surface area (TPSA) is 53.7 Å². The van der Waals surface area contributed by atoms with Crippen LogP contribution in [0.15, 0.2) is 40.7 Å². The third-order valence-electron chi connectivity index (χ3n) is 3.72. The Kier molecular flexibility index (Phi) is 3.95. The molecule has 0 atom stereocenters. The van der Waals surface area contributed by atoms with Crippen molar-refractivity contribution in [3.63, 3.8) is 0 Å². The number of hydrogen-bond donors (Lipinski definition) is 0. The summed E-state index contributed by atoms with van der Waals surface area (Å²) in [5.41, 5.74) is 2.16. The van der Waals surface area contributed by atoms with E-state index in [1.807, 2.05) is 12.1 Å². The predicted molar refractivity (Wildman–Crippen MR) is 83.5 cm³/mol. The Morgan fingerprint density at radius 3 is 2.68 bits per heavy atom. The highest BCUT2D eigenvalue weighted by molar-refractivity contribution is 6.34. The molecule has 0 aromatic carbocycles. The van der Waals surface area contributed by atoms with Crippen molar-refractivity contribution in [3.05, 3.63) is 47.0 Å². The maximum absolute atomic E-state index is 6.14. The first-order chi connectivity index (χ1) is 10.6. The van der Waals surface area contributed by atoms with Crippen molar-refractivity contribution >= 4 is 28.3 Å². The third-order valence-corrected chi connectivity index (χ3v) is 4.02. The summed E-state index contributed by atoms with van der Waals surface area (Å²) >= 11 is 6.14. The maximum atomic E-state index is 6.14. The molecule has 2 aromatic heterocycles. The van der Waals surface area contributed by atoms with E-state index >= 15 is 0 Å². The zero-order chi connectivity index (χ0) is 15.7. The number of halogens is 1. The number of methoxy groups -OCH3 is 3. The van der Waals surface area contributed by atoms with E-state index in [2.05, 4.69) is 4.98 Å². The molecule has 1 aliphatic carbocycles. The molecule has 2 heterocycles. The van der Waals surface area contributed by atoms with E-state index in [-0.39, 0.29) is 0 Å². The van der Waals surface area contributed by atoms with Gasteiger partial charge in [-0.2, -0.15) is 0 Å². The van der Waals surface area contributed by atoms with Crippen molar-refractivity contribution < 1.29 is 18.6 Å². The molecule has 0 amide bonds. The van der Waals surface area contributed by atoms with Crippen LogP contribution in [-0.4, -0.2) is 32.1 Å². The van der Waals surface area contributed by atoms with E-state index in [0.717, 1.165) is 5.57 Å². The van der Waals surface area contributed by atoms with E-state index in [9.17, 15) is 0 Å². The largest absolute Gasteiger partial charge is 0.497 e. The van der Waals surface area contributed by atoms with Gasteiger partial charge in [0.15, 0.2) is 11.4 Å². The van der Waals surface area contributed by atoms with Crippen LogP contribution >= 0.6 is 11.6 Å².